The van der Waals surface area contributed by atoms with Gasteiger partial charge in [0.1, 0.15) is 0 Å². The van der Waals surface area contributed by atoms with Gasteiger partial charge >= 0.3 is 0 Å². The molecule has 4 heteroatoms. The molecule has 0 bridgehead atoms. The standard InChI is InChI=1S/C16H24N2S2/c1-5-7-9-13-11(3)17-15(19-13)16-18-12(4)14(20-16)10-8-6-2/h5-10H2,1-4H3. The largest absolute Gasteiger partial charge is 0.239 e. The molecular weight excluding hydrogens is 284 g/mol. The van der Waals surface area contributed by atoms with Crippen LogP contribution in [-0.4, -0.2) is 9.97 Å². The van der Waals surface area contributed by atoms with Crippen molar-refractivity contribution in [3.05, 3.63) is 21.1 Å². The number of aryl methyl sites for hydroxylation is 4. The Kier molecular flexibility index (Phi) is 5.73. The highest BCUT2D eigenvalue weighted by Gasteiger charge is 2.14. The van der Waals surface area contributed by atoms with Crippen molar-refractivity contribution in [2.45, 2.75) is 66.2 Å². The van der Waals surface area contributed by atoms with E-state index in [0.717, 1.165) is 22.9 Å². The van der Waals surface area contributed by atoms with Crippen LogP contribution >= 0.6 is 22.7 Å². The Hall–Kier alpha value is -0.740. The molecule has 0 fully saturated rings. The van der Waals surface area contributed by atoms with Gasteiger partial charge in [-0.05, 0) is 39.5 Å². The molecule has 0 aliphatic rings. The first kappa shape index (κ1) is 15.6. The lowest BCUT2D eigenvalue weighted by molar-refractivity contribution is 0.798. The summed E-state index contributed by atoms with van der Waals surface area (Å²) >= 11 is 3.67. The Labute approximate surface area is 130 Å². The Balaban J connectivity index is 2.19. The molecule has 0 saturated carbocycles. The highest BCUT2D eigenvalue weighted by molar-refractivity contribution is 7.21. The summed E-state index contributed by atoms with van der Waals surface area (Å²) in [5, 5.41) is 2.23. The molecular formula is C16H24N2S2. The van der Waals surface area contributed by atoms with Crippen LogP contribution in [0.15, 0.2) is 0 Å². The first-order valence-electron chi connectivity index (χ1n) is 7.58. The zero-order valence-electron chi connectivity index (χ0n) is 13.0. The van der Waals surface area contributed by atoms with E-state index in [9.17, 15) is 0 Å². The van der Waals surface area contributed by atoms with Crippen molar-refractivity contribution in [1.82, 2.24) is 9.97 Å². The summed E-state index contributed by atoms with van der Waals surface area (Å²) in [7, 11) is 0. The molecule has 2 rings (SSSR count). The van der Waals surface area contributed by atoms with Gasteiger partial charge < -0.3 is 0 Å². The molecule has 0 aliphatic carbocycles. The smallest absolute Gasteiger partial charge is 0.152 e. The molecule has 0 amide bonds. The van der Waals surface area contributed by atoms with E-state index in [1.807, 2.05) is 22.7 Å². The number of rotatable bonds is 7. The predicted octanol–water partition coefficient (Wildman–Crippen LogP) is 5.57. The fourth-order valence-electron chi connectivity index (χ4n) is 2.18. The maximum Gasteiger partial charge on any atom is 0.152 e. The lowest BCUT2D eigenvalue weighted by Gasteiger charge is -1.94. The minimum Gasteiger partial charge on any atom is -0.239 e. The lowest BCUT2D eigenvalue weighted by atomic mass is 10.2. The molecule has 20 heavy (non-hydrogen) atoms. The maximum atomic E-state index is 4.73. The van der Waals surface area contributed by atoms with Crippen LogP contribution in [0.25, 0.3) is 10.0 Å². The third kappa shape index (κ3) is 3.67. The van der Waals surface area contributed by atoms with Gasteiger partial charge in [-0.2, -0.15) is 0 Å². The Morgan fingerprint density at radius 2 is 1.15 bits per heavy atom. The van der Waals surface area contributed by atoms with E-state index >= 15 is 0 Å². The van der Waals surface area contributed by atoms with Gasteiger partial charge in [0, 0.05) is 9.75 Å². The van der Waals surface area contributed by atoms with E-state index in [0.29, 0.717) is 0 Å². The van der Waals surface area contributed by atoms with Crippen LogP contribution < -0.4 is 0 Å². The van der Waals surface area contributed by atoms with E-state index in [-0.39, 0.29) is 0 Å². The Bertz CT molecular complexity index is 505. The number of unbranched alkanes of at least 4 members (excludes halogenated alkanes) is 2. The molecule has 2 heterocycles. The average Bonchev–Trinajstić information content (AvgIpc) is 2.98. The van der Waals surface area contributed by atoms with E-state index < -0.39 is 0 Å². The highest BCUT2D eigenvalue weighted by Crippen LogP contribution is 2.33. The zero-order valence-corrected chi connectivity index (χ0v) is 14.6. The molecule has 0 aromatic carbocycles. The molecule has 0 aliphatic heterocycles. The van der Waals surface area contributed by atoms with E-state index in [1.54, 1.807) is 0 Å². The quantitative estimate of drug-likeness (QED) is 0.668. The first-order chi connectivity index (χ1) is 9.65. The van der Waals surface area contributed by atoms with E-state index in [2.05, 4.69) is 27.7 Å². The average molecular weight is 309 g/mol. The monoisotopic (exact) mass is 308 g/mol. The van der Waals surface area contributed by atoms with Crippen molar-refractivity contribution in [2.24, 2.45) is 0 Å². The molecule has 0 spiro atoms. The second-order valence-corrected chi connectivity index (χ2v) is 7.43. The van der Waals surface area contributed by atoms with Crippen LogP contribution in [0, 0.1) is 13.8 Å². The summed E-state index contributed by atoms with van der Waals surface area (Å²) in [6.45, 7) is 8.73. The topological polar surface area (TPSA) is 25.8 Å². The number of hydrogen-bond donors (Lipinski definition) is 0. The summed E-state index contributed by atoms with van der Waals surface area (Å²) in [5.41, 5.74) is 2.39. The molecule has 110 valence electrons. The normalized spacial score (nSPS) is 11.2. The van der Waals surface area contributed by atoms with Crippen LogP contribution in [0.5, 0.6) is 0 Å². The fourth-order valence-corrected chi connectivity index (χ4v) is 4.40. The van der Waals surface area contributed by atoms with Crippen molar-refractivity contribution in [3.63, 3.8) is 0 Å². The highest BCUT2D eigenvalue weighted by atomic mass is 32.1. The second kappa shape index (κ2) is 7.32. The summed E-state index contributed by atoms with van der Waals surface area (Å²) in [4.78, 5) is 12.3. The van der Waals surface area contributed by atoms with Gasteiger partial charge in [-0.3, -0.25) is 0 Å². The summed E-state index contributed by atoms with van der Waals surface area (Å²) < 4.78 is 0. The molecule has 0 saturated heterocycles. The van der Waals surface area contributed by atoms with Gasteiger partial charge in [0.25, 0.3) is 0 Å². The van der Waals surface area contributed by atoms with Gasteiger partial charge in [-0.1, -0.05) is 26.7 Å². The number of hydrogen-bond acceptors (Lipinski definition) is 4. The van der Waals surface area contributed by atoms with Gasteiger partial charge in [-0.25, -0.2) is 9.97 Å². The minimum absolute atomic E-state index is 1.12. The molecule has 2 nitrogen and oxygen atoms in total. The van der Waals surface area contributed by atoms with E-state index in [1.165, 1.54) is 46.8 Å². The third-order valence-electron chi connectivity index (χ3n) is 3.48. The first-order valence-corrected chi connectivity index (χ1v) is 9.22. The minimum atomic E-state index is 1.12. The SMILES string of the molecule is CCCCc1sc(-c2nc(C)c(CCCC)s2)nc1C. The Morgan fingerprint density at radius 1 is 0.750 bits per heavy atom. The van der Waals surface area contributed by atoms with Crippen molar-refractivity contribution in [2.75, 3.05) is 0 Å². The zero-order chi connectivity index (χ0) is 14.5. The maximum absolute atomic E-state index is 4.73. The van der Waals surface area contributed by atoms with Crippen LogP contribution in [0.4, 0.5) is 0 Å². The van der Waals surface area contributed by atoms with Crippen molar-refractivity contribution in [1.29, 1.82) is 0 Å². The summed E-state index contributed by atoms with van der Waals surface area (Å²) in [6, 6.07) is 0. The van der Waals surface area contributed by atoms with Crippen LogP contribution in [0.2, 0.25) is 0 Å². The summed E-state index contributed by atoms with van der Waals surface area (Å²) in [6.07, 6.45) is 7.30. The van der Waals surface area contributed by atoms with Gasteiger partial charge in [0.15, 0.2) is 10.0 Å². The number of nitrogens with zero attached hydrogens (tertiary/aromatic N) is 2. The van der Waals surface area contributed by atoms with Crippen LogP contribution in [-0.2, 0) is 12.8 Å². The van der Waals surface area contributed by atoms with Crippen molar-refractivity contribution >= 4 is 22.7 Å². The molecule has 0 radical (unpaired) electrons. The second-order valence-electron chi connectivity index (χ2n) is 5.26. The Morgan fingerprint density at radius 3 is 1.50 bits per heavy atom. The predicted molar refractivity (Wildman–Crippen MR) is 89.9 cm³/mol. The van der Waals surface area contributed by atoms with Gasteiger partial charge in [0.2, 0.25) is 0 Å². The lowest BCUT2D eigenvalue weighted by Crippen LogP contribution is -1.83. The number of thiazole rings is 2. The van der Waals surface area contributed by atoms with Crippen LogP contribution in [0.3, 0.4) is 0 Å². The molecule has 2 aromatic heterocycles. The van der Waals surface area contributed by atoms with Crippen molar-refractivity contribution in [3.8, 4) is 10.0 Å². The van der Waals surface area contributed by atoms with Crippen LogP contribution in [0.1, 0.15) is 60.7 Å². The van der Waals surface area contributed by atoms with E-state index in [4.69, 9.17) is 9.97 Å². The van der Waals surface area contributed by atoms with Crippen molar-refractivity contribution < 1.29 is 0 Å². The molecule has 0 atom stereocenters. The fraction of sp³-hybridized carbons (Fsp3) is 0.625. The van der Waals surface area contributed by atoms with Gasteiger partial charge in [0.05, 0.1) is 11.4 Å². The third-order valence-corrected chi connectivity index (χ3v) is 6.06. The summed E-state index contributed by atoms with van der Waals surface area (Å²) in [5.74, 6) is 0. The van der Waals surface area contributed by atoms with Gasteiger partial charge in [-0.15, -0.1) is 22.7 Å². The number of aromatic nitrogens is 2. The molecule has 0 N–H and O–H groups in total. The molecule has 0 unspecified atom stereocenters. The molecule has 2 aromatic rings.